The van der Waals surface area contributed by atoms with Crippen molar-refractivity contribution in [1.29, 1.82) is 0 Å². The molecule has 0 saturated carbocycles. The second-order valence-electron chi connectivity index (χ2n) is 5.76. The van der Waals surface area contributed by atoms with Gasteiger partial charge in [-0.3, -0.25) is 13.8 Å². The molecule has 6 nitrogen and oxygen atoms in total. The largest absolute Gasteiger partial charge is 0.298 e. The van der Waals surface area contributed by atoms with E-state index in [2.05, 4.69) is 21.8 Å². The molecule has 0 aliphatic heterocycles. The van der Waals surface area contributed by atoms with Crippen molar-refractivity contribution in [1.82, 2.24) is 24.1 Å². The summed E-state index contributed by atoms with van der Waals surface area (Å²) in [6.07, 6.45) is 3.49. The number of halogens is 2. The van der Waals surface area contributed by atoms with Gasteiger partial charge >= 0.3 is 0 Å². The second-order valence-corrected chi connectivity index (χ2v) is 8.39. The summed E-state index contributed by atoms with van der Waals surface area (Å²) in [6, 6.07) is 6.88. The van der Waals surface area contributed by atoms with Crippen LogP contribution in [0.3, 0.4) is 0 Å². The van der Waals surface area contributed by atoms with Crippen LogP contribution < -0.4 is 5.56 Å². The summed E-state index contributed by atoms with van der Waals surface area (Å²) < 4.78 is 3.47. The van der Waals surface area contributed by atoms with E-state index >= 15 is 0 Å². The van der Waals surface area contributed by atoms with Crippen molar-refractivity contribution in [2.24, 2.45) is 0 Å². The SMILES string of the molecule is C=CCn1c(SCc2cc(=O)n3ccsc3n2)nnc1-c1ccc(Cl)c(Cl)c1. The molecule has 4 aromatic rings. The van der Waals surface area contributed by atoms with E-state index in [1.807, 2.05) is 16.0 Å². The van der Waals surface area contributed by atoms with Gasteiger partial charge in [-0.25, -0.2) is 4.98 Å². The Morgan fingerprint density at radius 2 is 2.07 bits per heavy atom. The highest BCUT2D eigenvalue weighted by Gasteiger charge is 2.15. The van der Waals surface area contributed by atoms with Crippen molar-refractivity contribution in [3.8, 4) is 11.4 Å². The molecule has 0 radical (unpaired) electrons. The number of fused-ring (bicyclic) bond motifs is 1. The van der Waals surface area contributed by atoms with Crippen LogP contribution in [0.5, 0.6) is 0 Å². The maximum Gasteiger partial charge on any atom is 0.258 e. The van der Waals surface area contributed by atoms with Crippen molar-refractivity contribution >= 4 is 51.3 Å². The molecule has 0 N–H and O–H groups in total. The molecule has 28 heavy (non-hydrogen) atoms. The highest BCUT2D eigenvalue weighted by atomic mass is 35.5. The Morgan fingerprint density at radius 1 is 1.21 bits per heavy atom. The van der Waals surface area contributed by atoms with Crippen LogP contribution in [-0.2, 0) is 12.3 Å². The third kappa shape index (κ3) is 3.73. The Kier molecular flexibility index (Phi) is 5.54. The molecule has 0 bridgehead atoms. The van der Waals surface area contributed by atoms with Crippen molar-refractivity contribution in [2.75, 3.05) is 0 Å². The minimum atomic E-state index is -0.0918. The van der Waals surface area contributed by atoms with Crippen molar-refractivity contribution < 1.29 is 0 Å². The van der Waals surface area contributed by atoms with Gasteiger partial charge in [-0.2, -0.15) is 0 Å². The van der Waals surface area contributed by atoms with Crippen molar-refractivity contribution in [3.63, 3.8) is 0 Å². The Labute approximate surface area is 178 Å². The number of aromatic nitrogens is 5. The fourth-order valence-electron chi connectivity index (χ4n) is 2.64. The smallest absolute Gasteiger partial charge is 0.258 e. The zero-order valence-corrected chi connectivity index (χ0v) is 17.5. The van der Waals surface area contributed by atoms with Crippen LogP contribution >= 0.6 is 46.3 Å². The van der Waals surface area contributed by atoms with Gasteiger partial charge in [-0.15, -0.1) is 28.1 Å². The molecule has 1 aromatic carbocycles. The van der Waals surface area contributed by atoms with Gasteiger partial charge in [-0.05, 0) is 18.2 Å². The summed E-state index contributed by atoms with van der Waals surface area (Å²) in [6.45, 7) is 4.35. The van der Waals surface area contributed by atoms with Crippen LogP contribution in [-0.4, -0.2) is 24.1 Å². The molecule has 10 heteroatoms. The molecular formula is C18H13Cl2N5OS2. The average molecular weight is 450 g/mol. The predicted molar refractivity (Wildman–Crippen MR) is 115 cm³/mol. The minimum absolute atomic E-state index is 0.0918. The third-order valence-electron chi connectivity index (χ3n) is 3.91. The van der Waals surface area contributed by atoms with Gasteiger partial charge in [-0.1, -0.05) is 41.0 Å². The van der Waals surface area contributed by atoms with Gasteiger partial charge in [0.1, 0.15) is 0 Å². The van der Waals surface area contributed by atoms with Crippen LogP contribution in [0.2, 0.25) is 10.0 Å². The molecule has 0 fully saturated rings. The first kappa shape index (κ1) is 19.2. The van der Waals surface area contributed by atoms with Crippen LogP contribution in [0.15, 0.2) is 58.4 Å². The lowest BCUT2D eigenvalue weighted by Gasteiger charge is -2.08. The molecule has 4 rings (SSSR count). The number of thiazole rings is 1. The van der Waals surface area contributed by atoms with Gasteiger partial charge in [0.25, 0.3) is 5.56 Å². The number of rotatable bonds is 6. The Hall–Kier alpha value is -2.13. The molecule has 0 saturated heterocycles. The Morgan fingerprint density at radius 3 is 2.86 bits per heavy atom. The molecule has 3 aromatic heterocycles. The first-order valence-corrected chi connectivity index (χ1v) is 10.8. The molecule has 142 valence electrons. The number of allylic oxidation sites excluding steroid dienone is 1. The lowest BCUT2D eigenvalue weighted by molar-refractivity contribution is 0.731. The molecule has 3 heterocycles. The van der Waals surface area contributed by atoms with Crippen LogP contribution in [0.4, 0.5) is 0 Å². The van der Waals surface area contributed by atoms with Crippen LogP contribution in [0, 0.1) is 0 Å². The number of hydrogen-bond donors (Lipinski definition) is 0. The number of hydrogen-bond acceptors (Lipinski definition) is 6. The standard InChI is InChI=1S/C18H13Cl2N5OS2/c1-2-5-25-16(11-3-4-13(19)14(20)8-11)22-23-18(25)28-10-12-9-15(26)24-6-7-27-17(24)21-12/h2-4,6-9H,1,5,10H2. The Bertz CT molecular complexity index is 1230. The molecule has 0 spiro atoms. The maximum absolute atomic E-state index is 12.1. The van der Waals surface area contributed by atoms with Gasteiger partial charge in [0.05, 0.1) is 15.7 Å². The van der Waals surface area contributed by atoms with E-state index in [0.29, 0.717) is 44.0 Å². The van der Waals surface area contributed by atoms with E-state index in [9.17, 15) is 4.79 Å². The van der Waals surface area contributed by atoms with E-state index in [1.165, 1.54) is 27.5 Å². The number of thioether (sulfide) groups is 1. The zero-order chi connectivity index (χ0) is 19.7. The Balaban J connectivity index is 1.63. The first-order valence-electron chi connectivity index (χ1n) is 8.15. The van der Waals surface area contributed by atoms with Gasteiger partial charge in [0.2, 0.25) is 0 Å². The molecular weight excluding hydrogens is 437 g/mol. The summed E-state index contributed by atoms with van der Waals surface area (Å²) >= 11 is 15.0. The average Bonchev–Trinajstić information content (AvgIpc) is 3.30. The van der Waals surface area contributed by atoms with Gasteiger partial charge in [0.15, 0.2) is 15.9 Å². The molecule has 0 aliphatic carbocycles. The quantitative estimate of drug-likeness (QED) is 0.312. The second kappa shape index (κ2) is 8.08. The minimum Gasteiger partial charge on any atom is -0.298 e. The van der Waals surface area contributed by atoms with Crippen molar-refractivity contribution in [2.45, 2.75) is 17.5 Å². The van der Waals surface area contributed by atoms with E-state index in [-0.39, 0.29) is 5.56 Å². The predicted octanol–water partition coefficient (Wildman–Crippen LogP) is 4.80. The molecule has 0 unspecified atom stereocenters. The summed E-state index contributed by atoms with van der Waals surface area (Å²) in [5.74, 6) is 1.17. The zero-order valence-electron chi connectivity index (χ0n) is 14.4. The number of benzene rings is 1. The van der Waals surface area contributed by atoms with E-state index in [4.69, 9.17) is 23.2 Å². The monoisotopic (exact) mass is 449 g/mol. The van der Waals surface area contributed by atoms with E-state index in [0.717, 1.165) is 5.56 Å². The summed E-state index contributed by atoms with van der Waals surface area (Å²) in [5, 5.41) is 12.1. The highest BCUT2D eigenvalue weighted by Crippen LogP contribution is 2.30. The summed E-state index contributed by atoms with van der Waals surface area (Å²) in [5.41, 5.74) is 1.42. The lowest BCUT2D eigenvalue weighted by atomic mass is 10.2. The van der Waals surface area contributed by atoms with Gasteiger partial charge < -0.3 is 0 Å². The highest BCUT2D eigenvalue weighted by molar-refractivity contribution is 7.98. The maximum atomic E-state index is 12.1. The lowest BCUT2D eigenvalue weighted by Crippen LogP contribution is -2.12. The summed E-state index contributed by atoms with van der Waals surface area (Å²) in [7, 11) is 0. The third-order valence-corrected chi connectivity index (χ3v) is 6.41. The molecule has 0 aliphatic rings. The topological polar surface area (TPSA) is 65.1 Å². The molecule has 0 atom stereocenters. The first-order chi connectivity index (χ1) is 13.6. The fraction of sp³-hybridized carbons (Fsp3) is 0.111. The van der Waals surface area contributed by atoms with Crippen LogP contribution in [0.25, 0.3) is 16.3 Å². The van der Waals surface area contributed by atoms with E-state index in [1.54, 1.807) is 30.5 Å². The van der Waals surface area contributed by atoms with Crippen molar-refractivity contribution in [3.05, 3.63) is 74.6 Å². The fourth-order valence-corrected chi connectivity index (χ4v) is 4.52. The summed E-state index contributed by atoms with van der Waals surface area (Å²) in [4.78, 5) is 17.3. The number of nitrogens with zero attached hydrogens (tertiary/aromatic N) is 5. The van der Waals surface area contributed by atoms with E-state index < -0.39 is 0 Å². The normalized spacial score (nSPS) is 11.2. The van der Waals surface area contributed by atoms with Crippen LogP contribution in [0.1, 0.15) is 5.69 Å². The molecule has 0 amide bonds. The van der Waals surface area contributed by atoms with Gasteiger partial charge in [0, 0.05) is 35.5 Å².